The third-order valence-corrected chi connectivity index (χ3v) is 7.79. The molecule has 183 valence electrons. The normalized spacial score (nSPS) is 22.4. The number of halogens is 3. The quantitative estimate of drug-likeness (QED) is 0.497. The van der Waals surface area contributed by atoms with E-state index in [1.807, 2.05) is 24.0 Å². The third kappa shape index (κ3) is 5.16. The summed E-state index contributed by atoms with van der Waals surface area (Å²) in [5, 5.41) is 0.730. The van der Waals surface area contributed by atoms with Gasteiger partial charge in [-0.3, -0.25) is 9.69 Å². The zero-order chi connectivity index (χ0) is 24.6. The van der Waals surface area contributed by atoms with Gasteiger partial charge in [-0.25, -0.2) is 8.78 Å². The van der Waals surface area contributed by atoms with Crippen molar-refractivity contribution in [2.24, 2.45) is 5.92 Å². The highest BCUT2D eigenvalue weighted by molar-refractivity contribution is 6.30. The topological polar surface area (TPSA) is 23.6 Å². The average Bonchev–Trinajstić information content (AvgIpc) is 3.24. The first kappa shape index (κ1) is 25.1. The second-order valence-corrected chi connectivity index (χ2v) is 11.1. The average molecular weight is 488 g/mol. The smallest absolute Gasteiger partial charge is 0.227 e. The summed E-state index contributed by atoms with van der Waals surface area (Å²) in [6, 6.07) is 9.76. The van der Waals surface area contributed by atoms with Crippen LogP contribution in [0.4, 0.5) is 8.78 Å². The molecule has 0 unspecified atom stereocenters. The Morgan fingerprint density at radius 1 is 1.03 bits per heavy atom. The van der Waals surface area contributed by atoms with Gasteiger partial charge in [0.1, 0.15) is 11.6 Å². The fourth-order valence-corrected chi connectivity index (χ4v) is 5.71. The monoisotopic (exact) mass is 487 g/mol. The summed E-state index contributed by atoms with van der Waals surface area (Å²) in [6.07, 6.45) is 3.86. The standard InChI is InChI=1S/C28H34ClF2N2O/c1-5-18-14-20(29)6-8-22(18)19-10-12-32(13-11-19)27(34)25-17-33(28(2,3)4)16-24(25)23-9-7-21(30)15-26(23)31/h5-9,14-15,19,24-25H,10-13,16-17H2,1-4H3/t24-,25+/m0/s1. The fraction of sp³-hybridized carbons (Fsp3) is 0.500. The van der Waals surface area contributed by atoms with Crippen LogP contribution in [0.1, 0.15) is 69.1 Å². The van der Waals surface area contributed by atoms with Crippen molar-refractivity contribution < 1.29 is 13.6 Å². The summed E-state index contributed by atoms with van der Waals surface area (Å²) >= 11 is 6.18. The lowest BCUT2D eigenvalue weighted by Crippen LogP contribution is -2.44. The van der Waals surface area contributed by atoms with Gasteiger partial charge in [0.25, 0.3) is 0 Å². The summed E-state index contributed by atoms with van der Waals surface area (Å²) < 4.78 is 28.3. The Hall–Kier alpha value is -1.98. The lowest BCUT2D eigenvalue weighted by Gasteiger charge is -2.36. The van der Waals surface area contributed by atoms with Crippen LogP contribution in [0.15, 0.2) is 36.4 Å². The Kier molecular flexibility index (Phi) is 7.35. The van der Waals surface area contributed by atoms with Crippen molar-refractivity contribution in [3.05, 3.63) is 76.2 Å². The molecule has 2 aliphatic rings. The summed E-state index contributed by atoms with van der Waals surface area (Å²) in [5.41, 5.74) is 2.73. The predicted octanol–water partition coefficient (Wildman–Crippen LogP) is 6.41. The molecule has 0 aliphatic carbocycles. The van der Waals surface area contributed by atoms with E-state index in [2.05, 4.69) is 38.2 Å². The zero-order valence-electron chi connectivity index (χ0n) is 20.5. The van der Waals surface area contributed by atoms with E-state index in [0.29, 0.717) is 37.7 Å². The number of likely N-dealkylation sites (tertiary alicyclic amines) is 2. The van der Waals surface area contributed by atoms with Gasteiger partial charge < -0.3 is 4.90 Å². The Bertz CT molecular complexity index is 1040. The summed E-state index contributed by atoms with van der Waals surface area (Å²) in [6.45, 7) is 10.9. The van der Waals surface area contributed by atoms with Crippen LogP contribution in [0.3, 0.4) is 0 Å². The first-order valence-electron chi connectivity index (χ1n) is 12.2. The van der Waals surface area contributed by atoms with E-state index in [0.717, 1.165) is 29.5 Å². The minimum absolute atomic E-state index is 0.0808. The SMILES string of the molecule is C[CH]c1cc(Cl)ccc1C1CCN(C(=O)[C@@H]2CN(C(C)(C)C)C[C@H]2c2ccc(F)cc2F)CC1. The molecule has 0 aromatic heterocycles. The van der Waals surface area contributed by atoms with Gasteiger partial charge in [-0.15, -0.1) is 0 Å². The molecular formula is C28H34ClF2N2O. The van der Waals surface area contributed by atoms with Crippen LogP contribution < -0.4 is 0 Å². The van der Waals surface area contributed by atoms with Crippen molar-refractivity contribution in [1.82, 2.24) is 9.80 Å². The van der Waals surface area contributed by atoms with Crippen LogP contribution in [-0.2, 0) is 4.79 Å². The van der Waals surface area contributed by atoms with Gasteiger partial charge in [-0.2, -0.15) is 0 Å². The molecule has 3 nitrogen and oxygen atoms in total. The molecule has 2 aromatic rings. The van der Waals surface area contributed by atoms with E-state index in [-0.39, 0.29) is 23.3 Å². The van der Waals surface area contributed by atoms with E-state index in [9.17, 15) is 13.6 Å². The van der Waals surface area contributed by atoms with Gasteiger partial charge in [0.2, 0.25) is 5.91 Å². The zero-order valence-corrected chi connectivity index (χ0v) is 21.2. The molecule has 2 saturated heterocycles. The molecule has 2 atom stereocenters. The maximum Gasteiger partial charge on any atom is 0.227 e. The molecule has 34 heavy (non-hydrogen) atoms. The highest BCUT2D eigenvalue weighted by Crippen LogP contribution is 2.40. The predicted molar refractivity (Wildman–Crippen MR) is 133 cm³/mol. The maximum atomic E-state index is 14.7. The molecule has 1 amide bonds. The number of hydrogen-bond donors (Lipinski definition) is 0. The molecular weight excluding hydrogens is 454 g/mol. The van der Waals surface area contributed by atoms with Crippen molar-refractivity contribution in [3.8, 4) is 0 Å². The molecule has 4 rings (SSSR count). The van der Waals surface area contributed by atoms with Crippen molar-refractivity contribution in [2.75, 3.05) is 26.2 Å². The van der Waals surface area contributed by atoms with Gasteiger partial charge in [0.05, 0.1) is 5.92 Å². The Morgan fingerprint density at radius 2 is 1.71 bits per heavy atom. The molecule has 0 N–H and O–H groups in total. The molecule has 0 spiro atoms. The third-order valence-electron chi connectivity index (χ3n) is 7.55. The maximum absolute atomic E-state index is 14.7. The molecule has 1 radical (unpaired) electrons. The molecule has 0 bridgehead atoms. The van der Waals surface area contributed by atoms with Crippen molar-refractivity contribution in [3.63, 3.8) is 0 Å². The van der Waals surface area contributed by atoms with Crippen molar-refractivity contribution >= 4 is 17.5 Å². The number of hydrogen-bond acceptors (Lipinski definition) is 2. The molecule has 2 fully saturated rings. The Labute approximate surface area is 207 Å². The number of amides is 1. The van der Waals surface area contributed by atoms with Gasteiger partial charge in [0, 0.05) is 48.7 Å². The van der Waals surface area contributed by atoms with Crippen molar-refractivity contribution in [1.29, 1.82) is 0 Å². The van der Waals surface area contributed by atoms with E-state index in [4.69, 9.17) is 11.6 Å². The number of carbonyl (C=O) groups excluding carboxylic acids is 1. The Morgan fingerprint density at radius 3 is 2.32 bits per heavy atom. The van der Waals surface area contributed by atoms with Crippen LogP contribution in [0.2, 0.25) is 5.02 Å². The van der Waals surface area contributed by atoms with Crippen LogP contribution in [0.5, 0.6) is 0 Å². The van der Waals surface area contributed by atoms with Crippen LogP contribution in [0, 0.1) is 24.0 Å². The minimum Gasteiger partial charge on any atom is -0.342 e. The first-order valence-corrected chi connectivity index (χ1v) is 12.5. The summed E-state index contributed by atoms with van der Waals surface area (Å²) in [4.78, 5) is 17.9. The van der Waals surface area contributed by atoms with E-state index < -0.39 is 11.6 Å². The van der Waals surface area contributed by atoms with Gasteiger partial charge >= 0.3 is 0 Å². The lowest BCUT2D eigenvalue weighted by atomic mass is 9.84. The summed E-state index contributed by atoms with van der Waals surface area (Å²) in [5.74, 6) is -1.33. The first-order chi connectivity index (χ1) is 16.1. The number of rotatable bonds is 4. The molecule has 2 heterocycles. The second-order valence-electron chi connectivity index (χ2n) is 10.6. The van der Waals surface area contributed by atoms with E-state index in [1.54, 1.807) is 0 Å². The number of benzene rings is 2. The largest absolute Gasteiger partial charge is 0.342 e. The minimum atomic E-state index is -0.595. The molecule has 6 heteroatoms. The van der Waals surface area contributed by atoms with E-state index >= 15 is 0 Å². The van der Waals surface area contributed by atoms with Gasteiger partial charge in [-0.1, -0.05) is 30.7 Å². The molecule has 0 saturated carbocycles. The fourth-order valence-electron chi connectivity index (χ4n) is 5.53. The lowest BCUT2D eigenvalue weighted by molar-refractivity contribution is -0.136. The van der Waals surface area contributed by atoms with Gasteiger partial charge in [-0.05, 0) is 80.8 Å². The highest BCUT2D eigenvalue weighted by atomic mass is 35.5. The van der Waals surface area contributed by atoms with Crippen LogP contribution in [0.25, 0.3) is 0 Å². The number of carbonyl (C=O) groups is 1. The van der Waals surface area contributed by atoms with Gasteiger partial charge in [0.15, 0.2) is 0 Å². The Balaban J connectivity index is 1.51. The number of nitrogens with zero attached hydrogens (tertiary/aromatic N) is 2. The van der Waals surface area contributed by atoms with E-state index in [1.165, 1.54) is 17.7 Å². The summed E-state index contributed by atoms with van der Waals surface area (Å²) in [7, 11) is 0. The highest BCUT2D eigenvalue weighted by Gasteiger charge is 2.44. The van der Waals surface area contributed by atoms with Crippen molar-refractivity contribution in [2.45, 2.75) is 57.9 Å². The van der Waals surface area contributed by atoms with Crippen LogP contribution >= 0.6 is 11.6 Å². The van der Waals surface area contributed by atoms with Crippen LogP contribution in [-0.4, -0.2) is 47.4 Å². The molecule has 2 aromatic carbocycles. The second kappa shape index (κ2) is 9.94. The number of piperidine rings is 1. The molecule has 2 aliphatic heterocycles.